The predicted molar refractivity (Wildman–Crippen MR) is 136 cm³/mol. The zero-order valence-electron chi connectivity index (χ0n) is 20.5. The van der Waals surface area contributed by atoms with E-state index in [1.54, 1.807) is 31.2 Å². The number of amides is 2. The average Bonchev–Trinajstić information content (AvgIpc) is 2.79. The quantitative estimate of drug-likeness (QED) is 0.486. The first-order valence-electron chi connectivity index (χ1n) is 11.1. The monoisotopic (exact) mass is 526 g/mol. The van der Waals surface area contributed by atoms with Crippen molar-refractivity contribution in [1.29, 1.82) is 0 Å². The smallest absolute Gasteiger partial charge is 0.304 e. The van der Waals surface area contributed by atoms with Crippen LogP contribution in [0.3, 0.4) is 0 Å². The molecule has 0 radical (unpaired) electrons. The highest BCUT2D eigenvalue weighted by Crippen LogP contribution is 2.22. The van der Waals surface area contributed by atoms with Gasteiger partial charge in [-0.25, -0.2) is 8.70 Å². The lowest BCUT2D eigenvalue weighted by Crippen LogP contribution is -2.52. The Morgan fingerprint density at radius 1 is 1.06 bits per heavy atom. The molecule has 0 aliphatic heterocycles. The number of rotatable bonds is 11. The fourth-order valence-electron chi connectivity index (χ4n) is 3.19. The first kappa shape index (κ1) is 28.5. The van der Waals surface area contributed by atoms with Gasteiger partial charge in [-0.05, 0) is 54.8 Å². The third-order valence-corrected chi connectivity index (χ3v) is 7.28. The second-order valence-corrected chi connectivity index (χ2v) is 11.2. The third kappa shape index (κ3) is 7.91. The van der Waals surface area contributed by atoms with E-state index in [4.69, 9.17) is 11.6 Å². The Kier molecular flexibility index (Phi) is 10.1. The van der Waals surface area contributed by atoms with E-state index >= 15 is 0 Å². The van der Waals surface area contributed by atoms with Crippen LogP contribution in [0.25, 0.3) is 0 Å². The number of carbonyl (C=O) groups excluding carboxylic acids is 2. The third-order valence-electron chi connectivity index (χ3n) is 5.23. The summed E-state index contributed by atoms with van der Waals surface area (Å²) in [4.78, 5) is 27.7. The van der Waals surface area contributed by atoms with Gasteiger partial charge in [0, 0.05) is 32.2 Å². The minimum atomic E-state index is -4.11. The first-order chi connectivity index (χ1) is 16.3. The van der Waals surface area contributed by atoms with E-state index in [0.717, 1.165) is 20.7 Å². The molecule has 2 amide bonds. The molecule has 0 fully saturated rings. The number of hydrogen-bond acceptors (Lipinski definition) is 4. The van der Waals surface area contributed by atoms with E-state index in [1.807, 2.05) is 13.8 Å². The highest BCUT2D eigenvalue weighted by atomic mass is 35.5. The van der Waals surface area contributed by atoms with Crippen LogP contribution in [-0.2, 0) is 26.3 Å². The molecule has 0 bridgehead atoms. The highest BCUT2D eigenvalue weighted by molar-refractivity contribution is 7.90. The molecule has 0 unspecified atom stereocenters. The molecular formula is C24H32ClFN4O4S. The predicted octanol–water partition coefficient (Wildman–Crippen LogP) is 3.28. The molecule has 1 N–H and O–H groups in total. The van der Waals surface area contributed by atoms with Crippen LogP contribution in [0.15, 0.2) is 48.5 Å². The van der Waals surface area contributed by atoms with Gasteiger partial charge in [0.05, 0.1) is 5.69 Å². The second kappa shape index (κ2) is 12.3. The summed E-state index contributed by atoms with van der Waals surface area (Å²) in [5.74, 6) is -1.30. The molecule has 0 saturated carbocycles. The summed E-state index contributed by atoms with van der Waals surface area (Å²) in [5.41, 5.74) is 0.797. The van der Waals surface area contributed by atoms with Gasteiger partial charge in [-0.2, -0.15) is 12.7 Å². The Morgan fingerprint density at radius 2 is 1.69 bits per heavy atom. The summed E-state index contributed by atoms with van der Waals surface area (Å²) >= 11 is 6.10. The van der Waals surface area contributed by atoms with Crippen LogP contribution < -0.4 is 9.62 Å². The molecule has 0 aliphatic carbocycles. The summed E-state index contributed by atoms with van der Waals surface area (Å²) in [6.07, 6.45) is 0. The molecule has 192 valence electrons. The van der Waals surface area contributed by atoms with E-state index < -0.39 is 34.5 Å². The number of benzene rings is 2. The van der Waals surface area contributed by atoms with Crippen molar-refractivity contribution in [1.82, 2.24) is 14.5 Å². The molecule has 2 aromatic carbocycles. The Labute approximate surface area is 211 Å². The summed E-state index contributed by atoms with van der Waals surface area (Å²) in [6, 6.07) is 10.8. The van der Waals surface area contributed by atoms with Crippen LogP contribution in [0, 0.1) is 11.7 Å². The lowest BCUT2D eigenvalue weighted by Gasteiger charge is -2.33. The van der Waals surface area contributed by atoms with Gasteiger partial charge < -0.3 is 10.2 Å². The number of halogens is 2. The molecule has 11 heteroatoms. The van der Waals surface area contributed by atoms with Gasteiger partial charge in [-0.15, -0.1) is 0 Å². The minimum absolute atomic E-state index is 0.0366. The number of hydrogen-bond donors (Lipinski definition) is 1. The van der Waals surface area contributed by atoms with Gasteiger partial charge >= 0.3 is 10.2 Å². The first-order valence-corrected chi connectivity index (χ1v) is 12.9. The molecule has 0 heterocycles. The summed E-state index contributed by atoms with van der Waals surface area (Å²) in [6.45, 7) is 5.36. The molecule has 0 aliphatic rings. The fraction of sp³-hybridized carbons (Fsp3) is 0.417. The van der Waals surface area contributed by atoms with E-state index in [-0.39, 0.29) is 24.1 Å². The molecule has 35 heavy (non-hydrogen) atoms. The Balaban J connectivity index is 2.42. The van der Waals surface area contributed by atoms with Gasteiger partial charge in [0.2, 0.25) is 11.8 Å². The van der Waals surface area contributed by atoms with E-state index in [9.17, 15) is 22.4 Å². The van der Waals surface area contributed by atoms with Crippen molar-refractivity contribution in [2.24, 2.45) is 5.92 Å². The van der Waals surface area contributed by atoms with Gasteiger partial charge in [0.25, 0.3) is 0 Å². The number of nitrogens with zero attached hydrogens (tertiary/aromatic N) is 3. The Hall–Kier alpha value is -2.69. The van der Waals surface area contributed by atoms with E-state index in [0.29, 0.717) is 17.1 Å². The zero-order valence-corrected chi connectivity index (χ0v) is 22.1. The number of nitrogens with one attached hydrogen (secondary N) is 1. The van der Waals surface area contributed by atoms with E-state index in [2.05, 4.69) is 5.32 Å². The van der Waals surface area contributed by atoms with Crippen molar-refractivity contribution in [2.75, 3.05) is 31.5 Å². The molecule has 2 aromatic rings. The number of anilines is 1. The normalized spacial score (nSPS) is 12.5. The van der Waals surface area contributed by atoms with Crippen LogP contribution in [0.1, 0.15) is 26.3 Å². The minimum Gasteiger partial charge on any atom is -0.354 e. The lowest BCUT2D eigenvalue weighted by atomic mass is 10.1. The summed E-state index contributed by atoms with van der Waals surface area (Å²) in [5, 5.41) is 3.28. The Bertz CT molecular complexity index is 1130. The van der Waals surface area contributed by atoms with E-state index in [1.165, 1.54) is 31.1 Å². The highest BCUT2D eigenvalue weighted by Gasteiger charge is 2.32. The van der Waals surface area contributed by atoms with Crippen LogP contribution in [-0.4, -0.2) is 62.7 Å². The molecule has 8 nitrogen and oxygen atoms in total. The molecular weight excluding hydrogens is 495 g/mol. The van der Waals surface area contributed by atoms with Crippen LogP contribution >= 0.6 is 11.6 Å². The molecule has 1 atom stereocenters. The topological polar surface area (TPSA) is 90.0 Å². The van der Waals surface area contributed by atoms with Crippen molar-refractivity contribution >= 4 is 39.3 Å². The maximum absolute atomic E-state index is 13.6. The van der Waals surface area contributed by atoms with Crippen molar-refractivity contribution < 1.29 is 22.4 Å². The van der Waals surface area contributed by atoms with Crippen LogP contribution in [0.2, 0.25) is 5.02 Å². The van der Waals surface area contributed by atoms with Crippen molar-refractivity contribution in [3.63, 3.8) is 0 Å². The second-order valence-electron chi connectivity index (χ2n) is 8.74. The van der Waals surface area contributed by atoms with Gasteiger partial charge in [-0.3, -0.25) is 9.59 Å². The van der Waals surface area contributed by atoms with Crippen LogP contribution in [0.4, 0.5) is 10.1 Å². The van der Waals surface area contributed by atoms with Crippen LogP contribution in [0.5, 0.6) is 0 Å². The Morgan fingerprint density at radius 3 is 2.23 bits per heavy atom. The molecule has 2 rings (SSSR count). The molecule has 0 aromatic heterocycles. The maximum atomic E-state index is 13.6. The number of carbonyl (C=O) groups is 2. The van der Waals surface area contributed by atoms with Crippen molar-refractivity contribution in [2.45, 2.75) is 33.4 Å². The summed E-state index contributed by atoms with van der Waals surface area (Å²) < 4.78 is 41.4. The average molecular weight is 527 g/mol. The molecule has 0 spiro atoms. The fourth-order valence-corrected chi connectivity index (χ4v) is 4.46. The zero-order chi connectivity index (χ0) is 26.3. The maximum Gasteiger partial charge on any atom is 0.304 e. The largest absolute Gasteiger partial charge is 0.354 e. The lowest BCUT2D eigenvalue weighted by molar-refractivity contribution is -0.139. The SMILES string of the molecule is CC(C)CNC(=O)[C@H](C)N(Cc1cccc(Cl)c1)C(=O)CN(c1ccc(F)cc1)S(=O)(=O)N(C)C. The standard InChI is InChI=1S/C24H32ClFN4O4S/c1-17(2)14-27-24(32)18(3)29(15-19-7-6-8-20(25)13-19)23(31)16-30(35(33,34)28(4)5)22-11-9-21(26)10-12-22/h6-13,17-18H,14-16H2,1-5H3,(H,27,32)/t18-/m0/s1. The summed E-state index contributed by atoms with van der Waals surface area (Å²) in [7, 11) is -1.43. The van der Waals surface area contributed by atoms with Gasteiger partial charge in [0.15, 0.2) is 0 Å². The van der Waals surface area contributed by atoms with Gasteiger partial charge in [-0.1, -0.05) is 37.6 Å². The van der Waals surface area contributed by atoms with Crippen molar-refractivity contribution in [3.05, 3.63) is 64.9 Å². The van der Waals surface area contributed by atoms with Gasteiger partial charge in [0.1, 0.15) is 18.4 Å². The van der Waals surface area contributed by atoms with Crippen molar-refractivity contribution in [3.8, 4) is 0 Å². The molecule has 0 saturated heterocycles.